The molecule has 2 aromatic rings. The summed E-state index contributed by atoms with van der Waals surface area (Å²) in [5.41, 5.74) is 1.45. The number of benzene rings is 2. The lowest BCUT2D eigenvalue weighted by Crippen LogP contribution is -2.22. The van der Waals surface area contributed by atoms with Crippen molar-refractivity contribution >= 4 is 23.1 Å². The quantitative estimate of drug-likeness (QED) is 0.760. The summed E-state index contributed by atoms with van der Waals surface area (Å²) < 4.78 is 28.4. The number of ether oxygens (including phenoxy) is 1. The number of alkyl halides is 2. The number of anilines is 2. The highest BCUT2D eigenvalue weighted by Gasteiger charge is 2.09. The van der Waals surface area contributed by atoms with E-state index in [1.807, 2.05) is 0 Å². The fourth-order valence-electron chi connectivity index (χ4n) is 2.03. The van der Waals surface area contributed by atoms with E-state index in [2.05, 4.69) is 15.4 Å². The van der Waals surface area contributed by atoms with Gasteiger partial charge >= 0.3 is 6.61 Å². The molecular formula is C17H16F2N2O3. The fraction of sp³-hybridized carbons (Fsp3) is 0.176. The zero-order valence-electron chi connectivity index (χ0n) is 12.9. The molecule has 0 unspecified atom stereocenters. The van der Waals surface area contributed by atoms with E-state index in [1.165, 1.54) is 31.2 Å². The number of ketones is 1. The third kappa shape index (κ3) is 5.05. The summed E-state index contributed by atoms with van der Waals surface area (Å²) in [5, 5.41) is 5.51. The maximum absolute atomic E-state index is 12.1. The Labute approximate surface area is 137 Å². The molecule has 0 spiro atoms. The Bertz CT molecular complexity index is 718. The van der Waals surface area contributed by atoms with Crippen molar-refractivity contribution in [1.82, 2.24) is 0 Å². The number of amides is 1. The number of halogens is 2. The molecule has 2 N–H and O–H groups in total. The van der Waals surface area contributed by atoms with Gasteiger partial charge in [0.05, 0.1) is 12.2 Å². The van der Waals surface area contributed by atoms with Crippen molar-refractivity contribution in [3.05, 3.63) is 54.1 Å². The molecule has 0 saturated carbocycles. The molecule has 0 fully saturated rings. The molecule has 0 aliphatic carbocycles. The number of para-hydroxylation sites is 1. The van der Waals surface area contributed by atoms with Crippen LogP contribution in [0.2, 0.25) is 0 Å². The van der Waals surface area contributed by atoms with E-state index in [9.17, 15) is 18.4 Å². The number of carbonyl (C=O) groups excluding carboxylic acids is 2. The molecule has 0 radical (unpaired) electrons. The van der Waals surface area contributed by atoms with Gasteiger partial charge in [0, 0.05) is 11.3 Å². The molecule has 5 nitrogen and oxygen atoms in total. The average Bonchev–Trinajstić information content (AvgIpc) is 2.54. The summed E-state index contributed by atoms with van der Waals surface area (Å²) >= 11 is 0. The molecular weight excluding hydrogens is 318 g/mol. The Morgan fingerprint density at radius 2 is 1.75 bits per heavy atom. The molecule has 0 saturated heterocycles. The topological polar surface area (TPSA) is 67.4 Å². The van der Waals surface area contributed by atoms with Crippen LogP contribution in [0, 0.1) is 0 Å². The van der Waals surface area contributed by atoms with Crippen molar-refractivity contribution in [2.45, 2.75) is 13.5 Å². The van der Waals surface area contributed by atoms with Crippen LogP contribution in [0.4, 0.5) is 20.2 Å². The van der Waals surface area contributed by atoms with E-state index in [1.54, 1.807) is 24.3 Å². The molecule has 0 atom stereocenters. The first-order valence-corrected chi connectivity index (χ1v) is 7.14. The highest BCUT2D eigenvalue weighted by atomic mass is 19.3. The monoisotopic (exact) mass is 334 g/mol. The Hall–Kier alpha value is -2.96. The van der Waals surface area contributed by atoms with Gasteiger partial charge in [-0.3, -0.25) is 9.59 Å². The van der Waals surface area contributed by atoms with Gasteiger partial charge in [-0.1, -0.05) is 12.1 Å². The second kappa shape index (κ2) is 8.05. The summed E-state index contributed by atoms with van der Waals surface area (Å²) in [7, 11) is 0. The van der Waals surface area contributed by atoms with Crippen molar-refractivity contribution in [3.8, 4) is 5.75 Å². The summed E-state index contributed by atoms with van der Waals surface area (Å²) in [6.45, 7) is -1.50. The highest BCUT2D eigenvalue weighted by Crippen LogP contribution is 2.18. The second-order valence-electron chi connectivity index (χ2n) is 4.91. The van der Waals surface area contributed by atoms with Gasteiger partial charge in [0.15, 0.2) is 5.78 Å². The van der Waals surface area contributed by atoms with Crippen LogP contribution in [-0.2, 0) is 4.79 Å². The SMILES string of the molecule is CC(=O)c1ccccc1NC(=O)CNc1ccc(OC(F)F)cc1. The van der Waals surface area contributed by atoms with Crippen molar-refractivity contribution in [3.63, 3.8) is 0 Å². The van der Waals surface area contributed by atoms with Gasteiger partial charge in [0.1, 0.15) is 5.75 Å². The van der Waals surface area contributed by atoms with Gasteiger partial charge < -0.3 is 15.4 Å². The number of Topliss-reactive ketones (excluding diaryl/α,β-unsaturated/α-hetero) is 1. The Kier molecular flexibility index (Phi) is 5.83. The van der Waals surface area contributed by atoms with Crippen LogP contribution in [-0.4, -0.2) is 24.8 Å². The first-order chi connectivity index (χ1) is 11.5. The number of rotatable bonds is 7. The molecule has 1 amide bonds. The normalized spacial score (nSPS) is 10.3. The van der Waals surface area contributed by atoms with Crippen LogP contribution in [0.15, 0.2) is 48.5 Å². The predicted molar refractivity (Wildman–Crippen MR) is 86.6 cm³/mol. The molecule has 126 valence electrons. The van der Waals surface area contributed by atoms with Crippen LogP contribution in [0.3, 0.4) is 0 Å². The maximum atomic E-state index is 12.1. The first-order valence-electron chi connectivity index (χ1n) is 7.14. The van der Waals surface area contributed by atoms with Gasteiger partial charge in [-0.25, -0.2) is 0 Å². The molecule has 2 rings (SSSR count). The molecule has 0 bridgehead atoms. The standard InChI is InChI=1S/C17H16F2N2O3/c1-11(22)14-4-2-3-5-15(14)21-16(23)10-20-12-6-8-13(9-7-12)24-17(18)19/h2-9,17,20H,10H2,1H3,(H,21,23). The van der Waals surface area contributed by atoms with Gasteiger partial charge in [-0.05, 0) is 43.3 Å². The molecule has 0 heterocycles. The molecule has 0 aromatic heterocycles. The highest BCUT2D eigenvalue weighted by molar-refractivity contribution is 6.04. The predicted octanol–water partition coefficient (Wildman–Crippen LogP) is 3.54. The van der Waals surface area contributed by atoms with Crippen LogP contribution in [0.5, 0.6) is 5.75 Å². The Balaban J connectivity index is 1.91. The van der Waals surface area contributed by atoms with E-state index in [4.69, 9.17) is 0 Å². The minimum Gasteiger partial charge on any atom is -0.435 e. The molecule has 2 aromatic carbocycles. The van der Waals surface area contributed by atoms with Gasteiger partial charge in [0.2, 0.25) is 5.91 Å². The second-order valence-corrected chi connectivity index (χ2v) is 4.91. The van der Waals surface area contributed by atoms with E-state index in [-0.39, 0.29) is 24.0 Å². The Morgan fingerprint density at radius 1 is 1.08 bits per heavy atom. The molecule has 7 heteroatoms. The van der Waals surface area contributed by atoms with Gasteiger partial charge in [-0.15, -0.1) is 0 Å². The number of hydrogen-bond acceptors (Lipinski definition) is 4. The van der Waals surface area contributed by atoms with Crippen LogP contribution in [0.25, 0.3) is 0 Å². The third-order valence-corrected chi connectivity index (χ3v) is 3.11. The van der Waals surface area contributed by atoms with E-state index < -0.39 is 6.61 Å². The van der Waals surface area contributed by atoms with Crippen LogP contribution in [0.1, 0.15) is 17.3 Å². The summed E-state index contributed by atoms with van der Waals surface area (Å²) in [6.07, 6.45) is 0. The van der Waals surface area contributed by atoms with Crippen molar-refractivity contribution < 1.29 is 23.1 Å². The number of hydrogen-bond donors (Lipinski definition) is 2. The van der Waals surface area contributed by atoms with E-state index >= 15 is 0 Å². The van der Waals surface area contributed by atoms with E-state index in [0.29, 0.717) is 16.9 Å². The minimum absolute atomic E-state index is 0.0374. The largest absolute Gasteiger partial charge is 0.435 e. The minimum atomic E-state index is -2.88. The summed E-state index contributed by atoms with van der Waals surface area (Å²) in [5.74, 6) is -0.444. The summed E-state index contributed by atoms with van der Waals surface area (Å²) in [6, 6.07) is 12.5. The zero-order chi connectivity index (χ0) is 17.5. The lowest BCUT2D eigenvalue weighted by atomic mass is 10.1. The lowest BCUT2D eigenvalue weighted by Gasteiger charge is -2.11. The van der Waals surface area contributed by atoms with Crippen LogP contribution < -0.4 is 15.4 Å². The zero-order valence-corrected chi connectivity index (χ0v) is 12.9. The molecule has 24 heavy (non-hydrogen) atoms. The molecule has 0 aliphatic rings. The average molecular weight is 334 g/mol. The lowest BCUT2D eigenvalue weighted by molar-refractivity contribution is -0.114. The summed E-state index contributed by atoms with van der Waals surface area (Å²) in [4.78, 5) is 23.5. The maximum Gasteiger partial charge on any atom is 0.387 e. The van der Waals surface area contributed by atoms with Crippen molar-refractivity contribution in [2.24, 2.45) is 0 Å². The van der Waals surface area contributed by atoms with Crippen LogP contribution >= 0.6 is 0 Å². The number of nitrogens with one attached hydrogen (secondary N) is 2. The molecule has 0 aliphatic heterocycles. The number of carbonyl (C=O) groups is 2. The van der Waals surface area contributed by atoms with E-state index in [0.717, 1.165) is 0 Å². The van der Waals surface area contributed by atoms with Gasteiger partial charge in [-0.2, -0.15) is 8.78 Å². The van der Waals surface area contributed by atoms with Gasteiger partial charge in [0.25, 0.3) is 0 Å². The first kappa shape index (κ1) is 17.4. The fourth-order valence-corrected chi connectivity index (χ4v) is 2.03. The smallest absolute Gasteiger partial charge is 0.387 e. The van der Waals surface area contributed by atoms with Crippen molar-refractivity contribution in [1.29, 1.82) is 0 Å². The third-order valence-electron chi connectivity index (χ3n) is 3.11. The Morgan fingerprint density at radius 3 is 2.38 bits per heavy atom. The van der Waals surface area contributed by atoms with Crippen molar-refractivity contribution in [2.75, 3.05) is 17.2 Å².